The van der Waals surface area contributed by atoms with E-state index in [-0.39, 0.29) is 0 Å². The zero-order valence-electron chi connectivity index (χ0n) is 12.6. The number of ether oxygens (including phenoxy) is 1. The summed E-state index contributed by atoms with van der Waals surface area (Å²) in [7, 11) is 0. The first kappa shape index (κ1) is 14.0. The summed E-state index contributed by atoms with van der Waals surface area (Å²) in [5.74, 6) is 2.67. The topological polar surface area (TPSA) is 9.23 Å². The molecule has 0 radical (unpaired) electrons. The van der Waals surface area contributed by atoms with Gasteiger partial charge in [0.2, 0.25) is 0 Å². The van der Waals surface area contributed by atoms with Crippen LogP contribution in [0.1, 0.15) is 64.2 Å². The van der Waals surface area contributed by atoms with E-state index >= 15 is 0 Å². The quantitative estimate of drug-likeness (QED) is 0.693. The predicted molar refractivity (Wildman–Crippen MR) is 84.0 cm³/mol. The Morgan fingerprint density at radius 2 is 1.20 bits per heavy atom. The van der Waals surface area contributed by atoms with Crippen molar-refractivity contribution in [2.45, 2.75) is 70.3 Å². The van der Waals surface area contributed by atoms with Gasteiger partial charge in [0.15, 0.2) is 0 Å². The summed E-state index contributed by atoms with van der Waals surface area (Å²) in [6.07, 6.45) is 14.5. The largest absolute Gasteiger partial charge is 0.490 e. The first-order valence-corrected chi connectivity index (χ1v) is 8.65. The Kier molecular flexibility index (Phi) is 5.00. The fourth-order valence-corrected chi connectivity index (χ4v) is 4.16. The molecular formula is C19H28O. The van der Waals surface area contributed by atoms with Crippen LogP contribution in [0.2, 0.25) is 0 Å². The van der Waals surface area contributed by atoms with Gasteiger partial charge < -0.3 is 4.74 Å². The van der Waals surface area contributed by atoms with Crippen LogP contribution in [0.15, 0.2) is 30.3 Å². The minimum Gasteiger partial charge on any atom is -0.490 e. The van der Waals surface area contributed by atoms with Crippen LogP contribution >= 0.6 is 0 Å². The van der Waals surface area contributed by atoms with Gasteiger partial charge in [0, 0.05) is 0 Å². The van der Waals surface area contributed by atoms with Crippen molar-refractivity contribution in [1.82, 2.24) is 0 Å². The molecule has 0 spiro atoms. The van der Waals surface area contributed by atoms with Crippen molar-refractivity contribution in [2.24, 2.45) is 11.8 Å². The van der Waals surface area contributed by atoms with E-state index in [0.29, 0.717) is 6.10 Å². The van der Waals surface area contributed by atoms with Crippen LogP contribution in [-0.4, -0.2) is 6.10 Å². The molecule has 0 atom stereocenters. The minimum atomic E-state index is 0.470. The standard InChI is InChI=1S/C19H28O/c1-4-10-16(11-5-1)19(17-12-6-2-7-13-17)20-18-14-8-3-9-15-18/h3,8-9,14-17,19H,1-2,4-7,10-13H2. The van der Waals surface area contributed by atoms with Crippen LogP contribution in [0.5, 0.6) is 5.75 Å². The Bertz CT molecular complexity index is 356. The van der Waals surface area contributed by atoms with Crippen LogP contribution in [0.3, 0.4) is 0 Å². The molecule has 1 aromatic rings. The summed E-state index contributed by atoms with van der Waals surface area (Å²) in [6, 6.07) is 10.5. The number of rotatable bonds is 4. The van der Waals surface area contributed by atoms with Gasteiger partial charge in [0.1, 0.15) is 11.9 Å². The van der Waals surface area contributed by atoms with Gasteiger partial charge in [-0.1, -0.05) is 56.7 Å². The van der Waals surface area contributed by atoms with Gasteiger partial charge >= 0.3 is 0 Å². The highest BCUT2D eigenvalue weighted by molar-refractivity contribution is 5.21. The third kappa shape index (κ3) is 3.56. The highest BCUT2D eigenvalue weighted by Gasteiger charge is 2.33. The van der Waals surface area contributed by atoms with E-state index in [4.69, 9.17) is 4.74 Å². The third-order valence-corrected chi connectivity index (χ3v) is 5.24. The second-order valence-corrected chi connectivity index (χ2v) is 6.69. The number of hydrogen-bond acceptors (Lipinski definition) is 1. The van der Waals surface area contributed by atoms with Crippen LogP contribution in [0.4, 0.5) is 0 Å². The van der Waals surface area contributed by atoms with Crippen molar-refractivity contribution < 1.29 is 4.74 Å². The zero-order chi connectivity index (χ0) is 13.6. The Morgan fingerprint density at radius 1 is 0.700 bits per heavy atom. The molecule has 0 aliphatic heterocycles. The van der Waals surface area contributed by atoms with Crippen molar-refractivity contribution in [3.8, 4) is 5.75 Å². The Labute approximate surface area is 123 Å². The highest BCUT2D eigenvalue weighted by Crippen LogP contribution is 2.37. The molecule has 1 aromatic carbocycles. The van der Waals surface area contributed by atoms with Gasteiger partial charge in [-0.05, 0) is 49.7 Å². The van der Waals surface area contributed by atoms with Crippen molar-refractivity contribution in [1.29, 1.82) is 0 Å². The number of benzene rings is 1. The smallest absolute Gasteiger partial charge is 0.119 e. The highest BCUT2D eigenvalue weighted by atomic mass is 16.5. The molecule has 20 heavy (non-hydrogen) atoms. The monoisotopic (exact) mass is 272 g/mol. The van der Waals surface area contributed by atoms with E-state index in [1.807, 2.05) is 0 Å². The molecular weight excluding hydrogens is 244 g/mol. The summed E-state index contributed by atoms with van der Waals surface area (Å²) in [4.78, 5) is 0. The maximum absolute atomic E-state index is 6.49. The Balaban J connectivity index is 1.71. The van der Waals surface area contributed by atoms with Crippen molar-refractivity contribution in [3.63, 3.8) is 0 Å². The van der Waals surface area contributed by atoms with Crippen LogP contribution in [-0.2, 0) is 0 Å². The Morgan fingerprint density at radius 3 is 1.70 bits per heavy atom. The first-order valence-electron chi connectivity index (χ1n) is 8.65. The SMILES string of the molecule is c1ccc(OC(C2CCCCC2)C2CCCCC2)cc1. The molecule has 2 fully saturated rings. The molecule has 2 saturated carbocycles. The zero-order valence-corrected chi connectivity index (χ0v) is 12.6. The van der Waals surface area contributed by atoms with Crippen molar-refractivity contribution in [3.05, 3.63) is 30.3 Å². The lowest BCUT2D eigenvalue weighted by atomic mass is 9.75. The molecule has 0 bridgehead atoms. The predicted octanol–water partition coefficient (Wildman–Crippen LogP) is 5.59. The van der Waals surface area contributed by atoms with Gasteiger partial charge in [-0.3, -0.25) is 0 Å². The molecule has 1 nitrogen and oxygen atoms in total. The van der Waals surface area contributed by atoms with E-state index in [2.05, 4.69) is 30.3 Å². The van der Waals surface area contributed by atoms with Crippen LogP contribution in [0, 0.1) is 11.8 Å². The fraction of sp³-hybridized carbons (Fsp3) is 0.684. The lowest BCUT2D eigenvalue weighted by Gasteiger charge is -2.37. The minimum absolute atomic E-state index is 0.470. The molecule has 110 valence electrons. The van der Waals surface area contributed by atoms with Gasteiger partial charge in [-0.15, -0.1) is 0 Å². The summed E-state index contributed by atoms with van der Waals surface area (Å²) in [5, 5.41) is 0. The maximum atomic E-state index is 6.49. The van der Waals surface area contributed by atoms with Crippen molar-refractivity contribution in [2.75, 3.05) is 0 Å². The van der Waals surface area contributed by atoms with Gasteiger partial charge in [-0.2, -0.15) is 0 Å². The molecule has 0 saturated heterocycles. The fourth-order valence-electron chi connectivity index (χ4n) is 4.16. The maximum Gasteiger partial charge on any atom is 0.119 e. The molecule has 0 heterocycles. The molecule has 0 aromatic heterocycles. The summed E-state index contributed by atoms with van der Waals surface area (Å²) >= 11 is 0. The molecule has 0 amide bonds. The molecule has 0 unspecified atom stereocenters. The van der Waals surface area contributed by atoms with Crippen molar-refractivity contribution >= 4 is 0 Å². The van der Waals surface area contributed by atoms with Crippen LogP contribution in [0.25, 0.3) is 0 Å². The van der Waals surface area contributed by atoms with E-state index in [9.17, 15) is 0 Å². The molecule has 0 N–H and O–H groups in total. The molecule has 2 aliphatic carbocycles. The molecule has 1 heteroatoms. The van der Waals surface area contributed by atoms with E-state index < -0.39 is 0 Å². The Hall–Kier alpha value is -0.980. The number of para-hydroxylation sites is 1. The second-order valence-electron chi connectivity index (χ2n) is 6.69. The molecule has 3 rings (SSSR count). The first-order chi connectivity index (χ1) is 9.93. The second kappa shape index (κ2) is 7.15. The van der Waals surface area contributed by atoms with Gasteiger partial charge in [0.25, 0.3) is 0 Å². The lowest BCUT2D eigenvalue weighted by Crippen LogP contribution is -2.37. The average molecular weight is 272 g/mol. The summed E-state index contributed by atoms with van der Waals surface area (Å²) in [5.41, 5.74) is 0. The van der Waals surface area contributed by atoms with E-state index in [1.165, 1.54) is 64.2 Å². The average Bonchev–Trinajstić information content (AvgIpc) is 2.55. The summed E-state index contributed by atoms with van der Waals surface area (Å²) in [6.45, 7) is 0. The summed E-state index contributed by atoms with van der Waals surface area (Å²) < 4.78 is 6.49. The number of hydrogen-bond donors (Lipinski definition) is 0. The normalized spacial score (nSPS) is 22.1. The third-order valence-electron chi connectivity index (χ3n) is 5.24. The lowest BCUT2D eigenvalue weighted by molar-refractivity contribution is 0.0390. The van der Waals surface area contributed by atoms with E-state index in [0.717, 1.165) is 17.6 Å². The molecule has 2 aliphatic rings. The van der Waals surface area contributed by atoms with Crippen LogP contribution < -0.4 is 4.74 Å². The van der Waals surface area contributed by atoms with Gasteiger partial charge in [-0.25, -0.2) is 0 Å². The van der Waals surface area contributed by atoms with Gasteiger partial charge in [0.05, 0.1) is 0 Å². The van der Waals surface area contributed by atoms with E-state index in [1.54, 1.807) is 0 Å².